The molecule has 1 heterocycles. The Morgan fingerprint density at radius 2 is 2.09 bits per heavy atom. The van der Waals surface area contributed by atoms with Crippen molar-refractivity contribution < 1.29 is 14.3 Å². The van der Waals surface area contributed by atoms with E-state index in [4.69, 9.17) is 9.47 Å². The number of hydrazone groups is 1. The molecule has 0 aliphatic carbocycles. The summed E-state index contributed by atoms with van der Waals surface area (Å²) in [5.41, 5.74) is 4.57. The predicted octanol–water partition coefficient (Wildman–Crippen LogP) is 2.43. The molecule has 0 fully saturated rings. The normalized spacial score (nSPS) is 10.6. The number of pyridine rings is 1. The zero-order chi connectivity index (χ0) is 16.7. The molecule has 2 aromatic rings. The van der Waals surface area contributed by atoms with Crippen molar-refractivity contribution in [3.8, 4) is 11.5 Å². The van der Waals surface area contributed by atoms with Crippen molar-refractivity contribution >= 4 is 12.1 Å². The van der Waals surface area contributed by atoms with Crippen LogP contribution in [0.15, 0.2) is 41.6 Å². The summed E-state index contributed by atoms with van der Waals surface area (Å²) in [4.78, 5) is 16.1. The molecular weight excluding hydrogens is 294 g/mol. The second-order valence-electron chi connectivity index (χ2n) is 4.71. The molecule has 0 bridgehead atoms. The van der Waals surface area contributed by atoms with E-state index in [0.29, 0.717) is 17.2 Å². The number of carbonyl (C=O) groups is 1. The van der Waals surface area contributed by atoms with Crippen molar-refractivity contribution in [2.75, 3.05) is 14.2 Å². The van der Waals surface area contributed by atoms with Gasteiger partial charge in [-0.1, -0.05) is 13.0 Å². The van der Waals surface area contributed by atoms with Gasteiger partial charge in [-0.3, -0.25) is 9.78 Å². The first-order chi connectivity index (χ1) is 11.2. The van der Waals surface area contributed by atoms with Crippen LogP contribution in [0.25, 0.3) is 0 Å². The molecule has 2 rings (SSSR count). The fourth-order valence-electron chi connectivity index (χ4n) is 1.91. The molecule has 1 aromatic heterocycles. The summed E-state index contributed by atoms with van der Waals surface area (Å²) in [6, 6.07) is 8.88. The number of hydrogen-bond acceptors (Lipinski definition) is 5. The quantitative estimate of drug-likeness (QED) is 0.656. The first-order valence-corrected chi connectivity index (χ1v) is 7.18. The Labute approximate surface area is 135 Å². The van der Waals surface area contributed by atoms with Crippen LogP contribution in [0.1, 0.15) is 28.5 Å². The molecule has 0 aliphatic rings. The molecule has 0 aliphatic heterocycles. The fraction of sp³-hybridized carbons (Fsp3) is 0.235. The van der Waals surface area contributed by atoms with Gasteiger partial charge in [-0.05, 0) is 30.2 Å². The van der Waals surface area contributed by atoms with Gasteiger partial charge in [0.05, 0.1) is 20.4 Å². The molecule has 23 heavy (non-hydrogen) atoms. The molecule has 0 spiro atoms. The van der Waals surface area contributed by atoms with Gasteiger partial charge in [0.15, 0.2) is 0 Å². The molecule has 1 N–H and O–H groups in total. The van der Waals surface area contributed by atoms with Gasteiger partial charge in [0.25, 0.3) is 5.91 Å². The van der Waals surface area contributed by atoms with Crippen LogP contribution in [-0.4, -0.2) is 31.3 Å². The molecule has 1 aromatic carbocycles. The lowest BCUT2D eigenvalue weighted by Gasteiger charge is -2.06. The summed E-state index contributed by atoms with van der Waals surface area (Å²) in [6.07, 6.45) is 4.08. The molecule has 0 radical (unpaired) electrons. The van der Waals surface area contributed by atoms with Gasteiger partial charge in [-0.2, -0.15) is 5.10 Å². The predicted molar refractivity (Wildman–Crippen MR) is 88.2 cm³/mol. The summed E-state index contributed by atoms with van der Waals surface area (Å²) in [5.74, 6) is 0.924. The van der Waals surface area contributed by atoms with Gasteiger partial charge < -0.3 is 9.47 Å². The lowest BCUT2D eigenvalue weighted by molar-refractivity contribution is 0.0950. The largest absolute Gasteiger partial charge is 0.497 e. The molecular formula is C17H19N3O3. The number of carbonyl (C=O) groups excluding carboxylic acids is 1. The highest BCUT2D eigenvalue weighted by molar-refractivity contribution is 5.93. The van der Waals surface area contributed by atoms with Crippen LogP contribution in [0.5, 0.6) is 11.5 Å². The maximum Gasteiger partial charge on any atom is 0.289 e. The number of aryl methyl sites for hydroxylation is 1. The highest BCUT2D eigenvalue weighted by Gasteiger charge is 2.06. The zero-order valence-electron chi connectivity index (χ0n) is 13.4. The van der Waals surface area contributed by atoms with Gasteiger partial charge in [-0.25, -0.2) is 5.43 Å². The summed E-state index contributed by atoms with van der Waals surface area (Å²) < 4.78 is 10.4. The molecule has 0 atom stereocenters. The van der Waals surface area contributed by atoms with E-state index >= 15 is 0 Å². The lowest BCUT2D eigenvalue weighted by Crippen LogP contribution is -2.19. The standard InChI is InChI=1S/C17H19N3O3/c1-4-12-5-8-15(18-10-12)17(21)20-19-11-13-6-7-14(22-2)9-16(13)23-3/h5-11H,4H2,1-3H3,(H,20,21). The Morgan fingerprint density at radius 3 is 2.70 bits per heavy atom. The zero-order valence-corrected chi connectivity index (χ0v) is 13.4. The number of ether oxygens (including phenoxy) is 2. The SMILES string of the molecule is CCc1ccc(C(=O)NN=Cc2ccc(OC)cc2OC)nc1. The third-order valence-corrected chi connectivity index (χ3v) is 3.28. The Hall–Kier alpha value is -2.89. The highest BCUT2D eigenvalue weighted by atomic mass is 16.5. The van der Waals surface area contributed by atoms with Gasteiger partial charge in [0.2, 0.25) is 0 Å². The smallest absolute Gasteiger partial charge is 0.289 e. The summed E-state index contributed by atoms with van der Waals surface area (Å²) in [7, 11) is 3.14. The summed E-state index contributed by atoms with van der Waals surface area (Å²) in [5, 5.41) is 3.94. The first-order valence-electron chi connectivity index (χ1n) is 7.18. The van der Waals surface area contributed by atoms with E-state index in [-0.39, 0.29) is 5.91 Å². The average molecular weight is 313 g/mol. The van der Waals surface area contributed by atoms with Crippen LogP contribution in [-0.2, 0) is 6.42 Å². The van der Waals surface area contributed by atoms with Crippen molar-refractivity contribution in [3.05, 3.63) is 53.3 Å². The topological polar surface area (TPSA) is 72.8 Å². The number of aromatic nitrogens is 1. The van der Waals surface area contributed by atoms with Crippen LogP contribution < -0.4 is 14.9 Å². The highest BCUT2D eigenvalue weighted by Crippen LogP contribution is 2.22. The Bertz CT molecular complexity index is 697. The Balaban J connectivity index is 2.04. The van der Waals surface area contributed by atoms with Crippen molar-refractivity contribution in [2.24, 2.45) is 5.10 Å². The molecule has 0 saturated carbocycles. The minimum absolute atomic E-state index is 0.320. The van der Waals surface area contributed by atoms with E-state index in [1.54, 1.807) is 44.7 Å². The van der Waals surface area contributed by atoms with Crippen LogP contribution in [0, 0.1) is 0 Å². The maximum atomic E-state index is 12.0. The minimum Gasteiger partial charge on any atom is -0.497 e. The molecule has 6 nitrogen and oxygen atoms in total. The number of nitrogens with one attached hydrogen (secondary N) is 1. The Kier molecular flexibility index (Phi) is 5.68. The first kappa shape index (κ1) is 16.5. The van der Waals surface area contributed by atoms with Crippen LogP contribution >= 0.6 is 0 Å². The van der Waals surface area contributed by atoms with Crippen LogP contribution in [0.2, 0.25) is 0 Å². The van der Waals surface area contributed by atoms with E-state index in [1.807, 2.05) is 13.0 Å². The monoisotopic (exact) mass is 313 g/mol. The van der Waals surface area contributed by atoms with Crippen molar-refractivity contribution in [3.63, 3.8) is 0 Å². The van der Waals surface area contributed by atoms with Gasteiger partial charge in [0, 0.05) is 17.8 Å². The molecule has 6 heteroatoms. The van der Waals surface area contributed by atoms with E-state index in [1.165, 1.54) is 6.21 Å². The Morgan fingerprint density at radius 1 is 1.26 bits per heavy atom. The number of rotatable bonds is 6. The van der Waals surface area contributed by atoms with Gasteiger partial charge in [0.1, 0.15) is 17.2 Å². The van der Waals surface area contributed by atoms with Gasteiger partial charge in [-0.15, -0.1) is 0 Å². The van der Waals surface area contributed by atoms with Crippen molar-refractivity contribution in [2.45, 2.75) is 13.3 Å². The average Bonchev–Trinajstić information content (AvgIpc) is 2.61. The minimum atomic E-state index is -0.364. The number of hydrogen-bond donors (Lipinski definition) is 1. The van der Waals surface area contributed by atoms with E-state index in [2.05, 4.69) is 15.5 Å². The summed E-state index contributed by atoms with van der Waals surface area (Å²) in [6.45, 7) is 2.03. The van der Waals surface area contributed by atoms with Crippen molar-refractivity contribution in [1.82, 2.24) is 10.4 Å². The fourth-order valence-corrected chi connectivity index (χ4v) is 1.91. The second-order valence-corrected chi connectivity index (χ2v) is 4.71. The molecule has 0 unspecified atom stereocenters. The van der Waals surface area contributed by atoms with Crippen molar-refractivity contribution in [1.29, 1.82) is 0 Å². The van der Waals surface area contributed by atoms with E-state index in [9.17, 15) is 4.79 Å². The maximum absolute atomic E-state index is 12.0. The number of methoxy groups -OCH3 is 2. The van der Waals surface area contributed by atoms with Crippen LogP contribution in [0.3, 0.4) is 0 Å². The third-order valence-electron chi connectivity index (χ3n) is 3.28. The summed E-state index contributed by atoms with van der Waals surface area (Å²) >= 11 is 0. The van der Waals surface area contributed by atoms with Crippen LogP contribution in [0.4, 0.5) is 0 Å². The van der Waals surface area contributed by atoms with Gasteiger partial charge >= 0.3 is 0 Å². The lowest BCUT2D eigenvalue weighted by atomic mass is 10.2. The number of amides is 1. The number of benzene rings is 1. The molecule has 0 saturated heterocycles. The molecule has 120 valence electrons. The third kappa shape index (κ3) is 4.29. The molecule has 1 amide bonds. The number of nitrogens with zero attached hydrogens (tertiary/aromatic N) is 2. The second kappa shape index (κ2) is 7.93. The van der Waals surface area contributed by atoms with E-state index < -0.39 is 0 Å². The van der Waals surface area contributed by atoms with E-state index in [0.717, 1.165) is 17.5 Å².